The molecule has 1 aliphatic carbocycles. The Kier molecular flexibility index (Phi) is 5.51. The number of aromatic carboxylic acids is 1. The van der Waals surface area contributed by atoms with E-state index >= 15 is 0 Å². The summed E-state index contributed by atoms with van der Waals surface area (Å²) < 4.78 is 0. The number of carboxylic acid groups (broad SMARTS) is 1. The van der Waals surface area contributed by atoms with E-state index in [4.69, 9.17) is 28.3 Å². The molecule has 7 nitrogen and oxygen atoms in total. The molecule has 3 N–H and O–H groups in total. The number of hydrogen-bond acceptors (Lipinski definition) is 4. The Bertz CT molecular complexity index is 908. The number of carbonyl (C=O) groups is 2. The van der Waals surface area contributed by atoms with E-state index in [9.17, 15) is 9.59 Å². The zero-order valence-electron chi connectivity index (χ0n) is 13.8. The van der Waals surface area contributed by atoms with Gasteiger partial charge < -0.3 is 20.3 Å². The Balaban J connectivity index is 0.00000210. The molecule has 1 saturated heterocycles. The number of halogens is 2. The van der Waals surface area contributed by atoms with Gasteiger partial charge in [-0.1, -0.05) is 29.3 Å². The summed E-state index contributed by atoms with van der Waals surface area (Å²) in [5, 5.41) is 12.7. The average Bonchev–Trinajstić information content (AvgIpc) is 2.95. The van der Waals surface area contributed by atoms with Crippen LogP contribution in [0.3, 0.4) is 0 Å². The normalized spacial score (nSPS) is 22.8. The van der Waals surface area contributed by atoms with Crippen molar-refractivity contribution in [1.82, 2.24) is 15.3 Å². The zero-order chi connectivity index (χ0) is 18.6. The summed E-state index contributed by atoms with van der Waals surface area (Å²) in [5.74, 6) is -0.0175. The van der Waals surface area contributed by atoms with Gasteiger partial charge in [0.2, 0.25) is 0 Å². The number of nitrogens with one attached hydrogen (secondary N) is 2. The van der Waals surface area contributed by atoms with Crippen LogP contribution >= 0.6 is 23.2 Å². The Hall–Kier alpha value is -1.65. The van der Waals surface area contributed by atoms with Crippen molar-refractivity contribution in [2.24, 2.45) is 11.8 Å². The number of amides is 1. The first-order valence-corrected chi connectivity index (χ1v) is 8.92. The molecule has 3 atom stereocenters. The van der Waals surface area contributed by atoms with Crippen LogP contribution < -0.4 is 10.2 Å². The number of anilines is 1. The Labute approximate surface area is 177 Å². The molecule has 10 heteroatoms. The summed E-state index contributed by atoms with van der Waals surface area (Å²) in [6.07, 6.45) is 0. The minimum atomic E-state index is -1.04. The van der Waals surface area contributed by atoms with Gasteiger partial charge in [0.15, 0.2) is 5.69 Å². The van der Waals surface area contributed by atoms with Gasteiger partial charge >= 0.3 is 24.8 Å². The molecular formula is C17H17Cl2LiN4O3. The molecule has 2 aromatic heterocycles. The van der Waals surface area contributed by atoms with E-state index in [1.807, 2.05) is 4.90 Å². The van der Waals surface area contributed by atoms with E-state index in [-0.39, 0.29) is 47.2 Å². The van der Waals surface area contributed by atoms with Crippen molar-refractivity contribution < 1.29 is 14.7 Å². The van der Waals surface area contributed by atoms with E-state index in [1.165, 1.54) is 6.07 Å². The number of aromatic nitrogens is 2. The Morgan fingerprint density at radius 3 is 2.48 bits per heavy atom. The quantitative estimate of drug-likeness (QED) is 0.678. The third kappa shape index (κ3) is 3.57. The van der Waals surface area contributed by atoms with E-state index in [2.05, 4.69) is 15.3 Å². The summed E-state index contributed by atoms with van der Waals surface area (Å²) in [4.78, 5) is 32.6. The second kappa shape index (κ2) is 7.40. The van der Waals surface area contributed by atoms with Crippen LogP contribution in [-0.4, -0.2) is 64.9 Å². The molecule has 0 radical (unpaired) electrons. The molecule has 2 aliphatic rings. The van der Waals surface area contributed by atoms with Crippen LogP contribution in [0.1, 0.15) is 26.7 Å². The number of nitrogens with zero attached hydrogens (tertiary/aromatic N) is 2. The SMILES string of the molecule is Cc1[nH]c(C(=O)N[C@H]2[C@@H]3CN(c4cccc(C(=O)O)n4)C[C@@H]32)c(Cl)c1Cl.[LiH]. The number of piperidine rings is 1. The first kappa shape index (κ1) is 20.1. The Morgan fingerprint density at radius 1 is 1.26 bits per heavy atom. The number of hydrogen-bond donors (Lipinski definition) is 3. The topological polar surface area (TPSA) is 98.3 Å². The van der Waals surface area contributed by atoms with Crippen LogP contribution in [0.2, 0.25) is 10.0 Å². The second-order valence-corrected chi connectivity index (χ2v) is 7.43. The predicted molar refractivity (Wildman–Crippen MR) is 104 cm³/mol. The van der Waals surface area contributed by atoms with E-state index in [0.29, 0.717) is 28.4 Å². The fourth-order valence-electron chi connectivity index (χ4n) is 3.60. The monoisotopic (exact) mass is 402 g/mol. The van der Waals surface area contributed by atoms with E-state index in [0.717, 1.165) is 13.1 Å². The Morgan fingerprint density at radius 2 is 1.93 bits per heavy atom. The summed E-state index contributed by atoms with van der Waals surface area (Å²) in [6.45, 7) is 3.21. The average molecular weight is 403 g/mol. The predicted octanol–water partition coefficient (Wildman–Crippen LogP) is 1.94. The standard InChI is InChI=1S/C17H16Cl2N4O3.Li.H/c1-7-12(18)13(19)15(20-7)16(24)22-14-8-5-23(6-9(8)14)11-4-2-3-10(21-11)17(25)26;;/h2-4,8-9,14,20H,5-6H2,1H3,(H,22,24)(H,25,26);;/t8-,9+,14+;;. The first-order valence-electron chi connectivity index (χ1n) is 8.16. The molecule has 138 valence electrons. The maximum absolute atomic E-state index is 12.4. The van der Waals surface area contributed by atoms with Gasteiger partial charge in [-0.2, -0.15) is 0 Å². The molecule has 4 rings (SSSR count). The number of carboxylic acids is 1. The van der Waals surface area contributed by atoms with E-state index < -0.39 is 5.97 Å². The van der Waals surface area contributed by atoms with Crippen molar-refractivity contribution in [3.8, 4) is 0 Å². The number of rotatable bonds is 4. The van der Waals surface area contributed by atoms with Crippen molar-refractivity contribution in [3.63, 3.8) is 0 Å². The molecule has 0 unspecified atom stereocenters. The van der Waals surface area contributed by atoms with Gasteiger partial charge in [0.05, 0.1) is 10.0 Å². The minimum absolute atomic E-state index is 0. The molecular weight excluding hydrogens is 386 g/mol. The van der Waals surface area contributed by atoms with Gasteiger partial charge in [0.25, 0.3) is 5.91 Å². The summed E-state index contributed by atoms with van der Waals surface area (Å²) in [5.41, 5.74) is 0.974. The van der Waals surface area contributed by atoms with Crippen LogP contribution in [0.15, 0.2) is 18.2 Å². The fourth-order valence-corrected chi connectivity index (χ4v) is 4.01. The molecule has 1 saturated carbocycles. The second-order valence-electron chi connectivity index (χ2n) is 6.67. The van der Waals surface area contributed by atoms with Crippen molar-refractivity contribution in [2.75, 3.05) is 18.0 Å². The van der Waals surface area contributed by atoms with Crippen molar-refractivity contribution >= 4 is 59.8 Å². The van der Waals surface area contributed by atoms with Crippen molar-refractivity contribution in [2.45, 2.75) is 13.0 Å². The third-order valence-electron chi connectivity index (χ3n) is 5.05. The van der Waals surface area contributed by atoms with Gasteiger partial charge in [-0.15, -0.1) is 0 Å². The van der Waals surface area contributed by atoms with Crippen LogP contribution in [0.25, 0.3) is 0 Å². The molecule has 1 amide bonds. The zero-order valence-corrected chi connectivity index (χ0v) is 15.3. The molecule has 27 heavy (non-hydrogen) atoms. The third-order valence-corrected chi connectivity index (χ3v) is 6.00. The molecule has 2 aromatic rings. The van der Waals surface area contributed by atoms with Crippen LogP contribution in [-0.2, 0) is 0 Å². The maximum atomic E-state index is 12.4. The van der Waals surface area contributed by atoms with Gasteiger partial charge in [-0.05, 0) is 19.1 Å². The number of aryl methyl sites for hydroxylation is 1. The van der Waals surface area contributed by atoms with E-state index in [1.54, 1.807) is 19.1 Å². The van der Waals surface area contributed by atoms with Crippen molar-refractivity contribution in [3.05, 3.63) is 45.3 Å². The molecule has 0 spiro atoms. The summed E-state index contributed by atoms with van der Waals surface area (Å²) in [7, 11) is 0. The molecule has 1 aliphatic heterocycles. The van der Waals surface area contributed by atoms with Gasteiger partial charge in [-0.25, -0.2) is 9.78 Å². The summed E-state index contributed by atoms with van der Waals surface area (Å²) in [6, 6.07) is 5.04. The molecule has 0 aromatic carbocycles. The van der Waals surface area contributed by atoms with Crippen LogP contribution in [0, 0.1) is 18.8 Å². The van der Waals surface area contributed by atoms with Crippen LogP contribution in [0.4, 0.5) is 5.82 Å². The molecule has 3 heterocycles. The van der Waals surface area contributed by atoms with Gasteiger partial charge in [-0.3, -0.25) is 4.79 Å². The number of fused-ring (bicyclic) bond motifs is 1. The summed E-state index contributed by atoms with van der Waals surface area (Å²) >= 11 is 12.1. The van der Waals surface area contributed by atoms with Crippen molar-refractivity contribution in [1.29, 1.82) is 0 Å². The number of aromatic amines is 1. The van der Waals surface area contributed by atoms with Gasteiger partial charge in [0.1, 0.15) is 11.5 Å². The number of H-pyrrole nitrogens is 1. The number of carbonyl (C=O) groups excluding carboxylic acids is 1. The fraction of sp³-hybridized carbons (Fsp3) is 0.353. The molecule has 0 bridgehead atoms. The number of pyridine rings is 1. The molecule has 2 fully saturated rings. The van der Waals surface area contributed by atoms with Gasteiger partial charge in [0, 0.05) is 36.7 Å². The first-order chi connectivity index (χ1) is 12.4. The van der Waals surface area contributed by atoms with Crippen LogP contribution in [0.5, 0.6) is 0 Å².